The minimum atomic E-state index is -0.114. The number of hydrogen-bond acceptors (Lipinski definition) is 2. The second-order valence-electron chi connectivity index (χ2n) is 4.94. The van der Waals surface area contributed by atoms with Crippen molar-refractivity contribution in [2.45, 2.75) is 44.6 Å². The maximum Gasteiger partial charge on any atom is 0.137 e. The SMILES string of the molecule is CC(C)CCSc1c(F)cccc1CC(C)N. The largest absolute Gasteiger partial charge is 0.328 e. The average Bonchev–Trinajstić information content (AvgIpc) is 2.21. The highest BCUT2D eigenvalue weighted by Crippen LogP contribution is 2.28. The highest BCUT2D eigenvalue weighted by Gasteiger charge is 2.10. The Bertz CT molecular complexity index is 350. The lowest BCUT2D eigenvalue weighted by Gasteiger charge is -2.12. The zero-order chi connectivity index (χ0) is 12.8. The minimum absolute atomic E-state index is 0.0706. The van der Waals surface area contributed by atoms with Crippen molar-refractivity contribution in [1.29, 1.82) is 0 Å². The Hall–Kier alpha value is -0.540. The third-order valence-corrected chi connectivity index (χ3v) is 3.72. The van der Waals surface area contributed by atoms with Gasteiger partial charge in [0, 0.05) is 10.9 Å². The van der Waals surface area contributed by atoms with Crippen LogP contribution in [-0.4, -0.2) is 11.8 Å². The first-order valence-corrected chi connectivity index (χ1v) is 7.15. The summed E-state index contributed by atoms with van der Waals surface area (Å²) in [7, 11) is 0. The van der Waals surface area contributed by atoms with Gasteiger partial charge in [-0.15, -0.1) is 11.8 Å². The molecule has 0 heterocycles. The molecule has 0 aliphatic heterocycles. The van der Waals surface area contributed by atoms with Gasteiger partial charge in [-0.05, 0) is 43.1 Å². The molecule has 0 radical (unpaired) electrons. The fourth-order valence-electron chi connectivity index (χ4n) is 1.62. The van der Waals surface area contributed by atoms with E-state index in [9.17, 15) is 4.39 Å². The highest BCUT2D eigenvalue weighted by atomic mass is 32.2. The maximum absolute atomic E-state index is 13.8. The van der Waals surface area contributed by atoms with Crippen molar-refractivity contribution in [3.63, 3.8) is 0 Å². The summed E-state index contributed by atoms with van der Waals surface area (Å²) < 4.78 is 13.8. The summed E-state index contributed by atoms with van der Waals surface area (Å²) in [5.74, 6) is 1.51. The molecule has 0 aromatic heterocycles. The predicted molar refractivity (Wildman–Crippen MR) is 73.9 cm³/mol. The van der Waals surface area contributed by atoms with Gasteiger partial charge in [0.25, 0.3) is 0 Å². The second kappa shape index (κ2) is 7.02. The molecule has 0 saturated carbocycles. The minimum Gasteiger partial charge on any atom is -0.328 e. The van der Waals surface area contributed by atoms with Crippen LogP contribution in [0.1, 0.15) is 32.8 Å². The van der Waals surface area contributed by atoms with Crippen molar-refractivity contribution < 1.29 is 4.39 Å². The molecule has 0 spiro atoms. The van der Waals surface area contributed by atoms with Crippen molar-refractivity contribution in [1.82, 2.24) is 0 Å². The summed E-state index contributed by atoms with van der Waals surface area (Å²) in [5, 5.41) is 0. The molecule has 1 rings (SSSR count). The third-order valence-electron chi connectivity index (χ3n) is 2.53. The maximum atomic E-state index is 13.8. The summed E-state index contributed by atoms with van der Waals surface area (Å²) in [6.07, 6.45) is 1.85. The molecule has 1 atom stereocenters. The molecule has 96 valence electrons. The van der Waals surface area contributed by atoms with E-state index < -0.39 is 0 Å². The average molecular weight is 255 g/mol. The lowest BCUT2D eigenvalue weighted by Crippen LogP contribution is -2.18. The van der Waals surface area contributed by atoms with E-state index in [1.165, 1.54) is 6.07 Å². The lowest BCUT2D eigenvalue weighted by molar-refractivity contribution is 0.591. The molecular weight excluding hydrogens is 233 g/mol. The van der Waals surface area contributed by atoms with Crippen molar-refractivity contribution in [3.8, 4) is 0 Å². The normalized spacial score (nSPS) is 13.1. The van der Waals surface area contributed by atoms with Gasteiger partial charge in [0.05, 0.1) is 0 Å². The van der Waals surface area contributed by atoms with Crippen molar-refractivity contribution in [2.24, 2.45) is 11.7 Å². The number of halogens is 1. The number of nitrogens with two attached hydrogens (primary N) is 1. The summed E-state index contributed by atoms with van der Waals surface area (Å²) in [6, 6.07) is 5.34. The van der Waals surface area contributed by atoms with Crippen LogP contribution in [0.2, 0.25) is 0 Å². The fraction of sp³-hybridized carbons (Fsp3) is 0.571. The smallest absolute Gasteiger partial charge is 0.137 e. The molecule has 1 nitrogen and oxygen atoms in total. The molecule has 17 heavy (non-hydrogen) atoms. The van der Waals surface area contributed by atoms with Crippen LogP contribution in [0.4, 0.5) is 4.39 Å². The van der Waals surface area contributed by atoms with Gasteiger partial charge in [-0.25, -0.2) is 4.39 Å². The van der Waals surface area contributed by atoms with Crippen molar-refractivity contribution >= 4 is 11.8 Å². The number of hydrogen-bond donors (Lipinski definition) is 1. The molecule has 3 heteroatoms. The fourth-order valence-corrected chi connectivity index (χ4v) is 2.96. The zero-order valence-corrected chi connectivity index (χ0v) is 11.7. The first-order valence-electron chi connectivity index (χ1n) is 6.16. The van der Waals surface area contributed by atoms with Crippen LogP contribution < -0.4 is 5.73 Å². The molecule has 1 aromatic rings. The summed E-state index contributed by atoms with van der Waals surface area (Å²) in [6.45, 7) is 6.32. The second-order valence-corrected chi connectivity index (χ2v) is 6.05. The van der Waals surface area contributed by atoms with Gasteiger partial charge in [0.15, 0.2) is 0 Å². The molecule has 0 amide bonds. The molecule has 1 aromatic carbocycles. The molecule has 0 aliphatic rings. The third kappa shape index (κ3) is 5.09. The Morgan fingerprint density at radius 1 is 1.29 bits per heavy atom. The van der Waals surface area contributed by atoms with E-state index >= 15 is 0 Å². The Morgan fingerprint density at radius 3 is 2.59 bits per heavy atom. The Balaban J connectivity index is 2.73. The number of rotatable bonds is 6. The molecule has 0 aliphatic carbocycles. The van der Waals surface area contributed by atoms with Gasteiger partial charge in [-0.1, -0.05) is 26.0 Å². The number of thioether (sulfide) groups is 1. The van der Waals surface area contributed by atoms with E-state index in [1.54, 1.807) is 17.8 Å². The van der Waals surface area contributed by atoms with Gasteiger partial charge in [-0.3, -0.25) is 0 Å². The topological polar surface area (TPSA) is 26.0 Å². The van der Waals surface area contributed by atoms with Gasteiger partial charge in [-0.2, -0.15) is 0 Å². The monoisotopic (exact) mass is 255 g/mol. The van der Waals surface area contributed by atoms with Crippen LogP contribution in [0.15, 0.2) is 23.1 Å². The van der Waals surface area contributed by atoms with Crippen LogP contribution in [0.25, 0.3) is 0 Å². The van der Waals surface area contributed by atoms with Crippen LogP contribution in [-0.2, 0) is 6.42 Å². The van der Waals surface area contributed by atoms with E-state index in [4.69, 9.17) is 5.73 Å². The molecule has 0 fully saturated rings. The van der Waals surface area contributed by atoms with E-state index in [1.807, 2.05) is 13.0 Å². The van der Waals surface area contributed by atoms with Crippen LogP contribution in [0.5, 0.6) is 0 Å². The van der Waals surface area contributed by atoms with E-state index in [0.29, 0.717) is 5.92 Å². The first kappa shape index (κ1) is 14.5. The van der Waals surface area contributed by atoms with Crippen molar-refractivity contribution in [2.75, 3.05) is 5.75 Å². The Kier molecular flexibility index (Phi) is 6.00. The lowest BCUT2D eigenvalue weighted by atomic mass is 10.1. The first-order chi connectivity index (χ1) is 8.00. The van der Waals surface area contributed by atoms with Crippen LogP contribution >= 0.6 is 11.8 Å². The molecule has 1 unspecified atom stereocenters. The van der Waals surface area contributed by atoms with E-state index in [2.05, 4.69) is 13.8 Å². The zero-order valence-electron chi connectivity index (χ0n) is 10.9. The molecule has 2 N–H and O–H groups in total. The van der Waals surface area contributed by atoms with Crippen molar-refractivity contribution in [3.05, 3.63) is 29.6 Å². The van der Waals surface area contributed by atoms with Gasteiger partial charge >= 0.3 is 0 Å². The summed E-state index contributed by atoms with van der Waals surface area (Å²) in [4.78, 5) is 0.783. The van der Waals surface area contributed by atoms with Gasteiger partial charge < -0.3 is 5.73 Å². The summed E-state index contributed by atoms with van der Waals surface area (Å²) >= 11 is 1.61. The predicted octanol–water partition coefficient (Wildman–Crippen LogP) is 3.85. The van der Waals surface area contributed by atoms with Crippen LogP contribution in [0, 0.1) is 11.7 Å². The molecule has 0 bridgehead atoms. The van der Waals surface area contributed by atoms with E-state index in [-0.39, 0.29) is 11.9 Å². The van der Waals surface area contributed by atoms with E-state index in [0.717, 1.165) is 29.1 Å². The quantitative estimate of drug-likeness (QED) is 0.781. The Morgan fingerprint density at radius 2 is 2.00 bits per heavy atom. The Labute approximate surface area is 108 Å². The molecule has 0 saturated heterocycles. The highest BCUT2D eigenvalue weighted by molar-refractivity contribution is 7.99. The standard InChI is InChI=1S/C14H22FNS/c1-10(2)7-8-17-14-12(9-11(3)16)5-4-6-13(14)15/h4-6,10-11H,7-9,16H2,1-3H3. The summed E-state index contributed by atoms with van der Waals surface area (Å²) in [5.41, 5.74) is 6.82. The van der Waals surface area contributed by atoms with Crippen LogP contribution in [0.3, 0.4) is 0 Å². The number of benzene rings is 1. The van der Waals surface area contributed by atoms with Gasteiger partial charge in [0.1, 0.15) is 5.82 Å². The molecular formula is C14H22FNS. The van der Waals surface area contributed by atoms with Gasteiger partial charge in [0.2, 0.25) is 0 Å².